The molecule has 1 aliphatic carbocycles. The van der Waals surface area contributed by atoms with Crippen molar-refractivity contribution < 1.29 is 29.0 Å². The molecule has 1 saturated heterocycles. The van der Waals surface area contributed by atoms with Crippen molar-refractivity contribution in [1.29, 1.82) is 0 Å². The van der Waals surface area contributed by atoms with Gasteiger partial charge in [0.05, 0.1) is 6.61 Å². The van der Waals surface area contributed by atoms with E-state index in [0.717, 1.165) is 22.3 Å². The van der Waals surface area contributed by atoms with Crippen LogP contribution in [0.3, 0.4) is 0 Å². The fourth-order valence-electron chi connectivity index (χ4n) is 4.73. The third kappa shape index (κ3) is 4.92. The summed E-state index contributed by atoms with van der Waals surface area (Å²) in [6.45, 7) is 2.46. The molecule has 0 aromatic heterocycles. The van der Waals surface area contributed by atoms with Gasteiger partial charge in [0.2, 0.25) is 5.91 Å². The molecule has 2 aromatic rings. The summed E-state index contributed by atoms with van der Waals surface area (Å²) in [6, 6.07) is 15.1. The molecule has 2 amide bonds. The highest BCUT2D eigenvalue weighted by atomic mass is 16.5. The van der Waals surface area contributed by atoms with E-state index in [4.69, 9.17) is 14.6 Å². The number of hydrogen-bond donors (Lipinski definition) is 2. The molecule has 34 heavy (non-hydrogen) atoms. The number of carbonyl (C=O) groups excluding carboxylic acids is 2. The second-order valence-electron chi connectivity index (χ2n) is 8.92. The maximum Gasteiger partial charge on any atom is 0.407 e. The average molecular weight is 467 g/mol. The number of nitrogens with one attached hydrogen (secondary N) is 1. The number of carbonyl (C=O) groups is 3. The topological polar surface area (TPSA) is 105 Å². The van der Waals surface area contributed by atoms with Crippen LogP contribution < -0.4 is 5.32 Å². The first kappa shape index (κ1) is 23.8. The Hall–Kier alpha value is -3.39. The van der Waals surface area contributed by atoms with Crippen LogP contribution in [-0.4, -0.2) is 66.9 Å². The summed E-state index contributed by atoms with van der Waals surface area (Å²) in [5.41, 5.74) is 4.60. The molecule has 0 spiro atoms. The maximum atomic E-state index is 12.7. The number of carboxylic acids is 1. The second kappa shape index (κ2) is 10.3. The van der Waals surface area contributed by atoms with E-state index in [-0.39, 0.29) is 36.8 Å². The van der Waals surface area contributed by atoms with Crippen molar-refractivity contribution in [2.24, 2.45) is 5.92 Å². The van der Waals surface area contributed by atoms with Crippen LogP contribution in [0.5, 0.6) is 0 Å². The van der Waals surface area contributed by atoms with Gasteiger partial charge in [0, 0.05) is 38.0 Å². The first-order chi connectivity index (χ1) is 16.4. The molecule has 2 aliphatic rings. The summed E-state index contributed by atoms with van der Waals surface area (Å²) >= 11 is 0. The average Bonchev–Trinajstić information content (AvgIpc) is 3.16. The van der Waals surface area contributed by atoms with Crippen LogP contribution in [-0.2, 0) is 19.1 Å². The van der Waals surface area contributed by atoms with Gasteiger partial charge < -0.3 is 24.8 Å². The molecule has 180 valence electrons. The molecule has 3 atom stereocenters. The highest BCUT2D eigenvalue weighted by molar-refractivity contribution is 5.83. The standard InChI is InChI=1S/C26H30N2O6/c1-16(25(30)31)28(2)24(29)13-17-14-33-12-11-23(17)27-26(32)34-15-22-20-9-5-3-7-18(20)19-8-4-6-10-21(19)22/h3-10,16-17,22-23H,11-15H2,1-2H3,(H,27,32)(H,30,31)/t16-,17?,23?/m0/s1. The monoisotopic (exact) mass is 466 g/mol. The molecule has 0 saturated carbocycles. The van der Waals surface area contributed by atoms with Gasteiger partial charge in [-0.05, 0) is 35.6 Å². The molecule has 0 radical (unpaired) electrons. The first-order valence-electron chi connectivity index (χ1n) is 11.5. The van der Waals surface area contributed by atoms with E-state index in [2.05, 4.69) is 29.6 Å². The van der Waals surface area contributed by atoms with Gasteiger partial charge in [0.15, 0.2) is 0 Å². The van der Waals surface area contributed by atoms with Crippen molar-refractivity contribution in [1.82, 2.24) is 10.2 Å². The number of fused-ring (bicyclic) bond motifs is 3. The molecular formula is C26H30N2O6. The van der Waals surface area contributed by atoms with Crippen LogP contribution in [0.1, 0.15) is 36.8 Å². The number of likely N-dealkylation sites (N-methyl/N-ethyl adjacent to an activating group) is 1. The number of alkyl carbamates (subject to hydrolysis) is 1. The summed E-state index contributed by atoms with van der Waals surface area (Å²) in [6.07, 6.45) is 0.112. The van der Waals surface area contributed by atoms with Crippen molar-refractivity contribution in [3.05, 3.63) is 59.7 Å². The zero-order chi connectivity index (χ0) is 24.2. The Morgan fingerprint density at radius 3 is 2.35 bits per heavy atom. The summed E-state index contributed by atoms with van der Waals surface area (Å²) in [5, 5.41) is 12.1. The van der Waals surface area contributed by atoms with Crippen molar-refractivity contribution in [3.8, 4) is 11.1 Å². The molecule has 8 nitrogen and oxygen atoms in total. The molecule has 1 aliphatic heterocycles. The molecule has 4 rings (SSSR count). The van der Waals surface area contributed by atoms with Gasteiger partial charge >= 0.3 is 12.1 Å². The zero-order valence-electron chi connectivity index (χ0n) is 19.4. The van der Waals surface area contributed by atoms with Gasteiger partial charge in [-0.15, -0.1) is 0 Å². The number of aliphatic carboxylic acids is 1. The van der Waals surface area contributed by atoms with Crippen LogP contribution in [0.25, 0.3) is 11.1 Å². The van der Waals surface area contributed by atoms with Gasteiger partial charge in [-0.1, -0.05) is 48.5 Å². The van der Waals surface area contributed by atoms with Crippen LogP contribution >= 0.6 is 0 Å². The molecule has 0 bridgehead atoms. The summed E-state index contributed by atoms with van der Waals surface area (Å²) in [5.74, 6) is -1.66. The quantitative estimate of drug-likeness (QED) is 0.649. The fraction of sp³-hybridized carbons (Fsp3) is 0.423. The Balaban J connectivity index is 1.37. The minimum atomic E-state index is -1.07. The van der Waals surface area contributed by atoms with E-state index in [9.17, 15) is 14.4 Å². The van der Waals surface area contributed by atoms with E-state index in [1.807, 2.05) is 24.3 Å². The lowest BCUT2D eigenvalue weighted by atomic mass is 9.92. The van der Waals surface area contributed by atoms with Crippen LogP contribution in [0.15, 0.2) is 48.5 Å². The second-order valence-corrected chi connectivity index (χ2v) is 8.92. The molecule has 8 heteroatoms. The predicted molar refractivity (Wildman–Crippen MR) is 125 cm³/mol. The SMILES string of the molecule is C[C@@H](C(=O)O)N(C)C(=O)CC1COCCC1NC(=O)OCC1c2ccccc2-c2ccccc21. The fourth-order valence-corrected chi connectivity index (χ4v) is 4.73. The van der Waals surface area contributed by atoms with Crippen LogP contribution in [0.2, 0.25) is 0 Å². The van der Waals surface area contributed by atoms with E-state index >= 15 is 0 Å². The van der Waals surface area contributed by atoms with E-state index in [1.165, 1.54) is 18.9 Å². The number of amides is 2. The number of rotatable bonds is 7. The molecular weight excluding hydrogens is 436 g/mol. The Morgan fingerprint density at radius 2 is 1.74 bits per heavy atom. The first-order valence-corrected chi connectivity index (χ1v) is 11.5. The van der Waals surface area contributed by atoms with Crippen molar-refractivity contribution >= 4 is 18.0 Å². The van der Waals surface area contributed by atoms with E-state index in [1.54, 1.807) is 0 Å². The normalized spacial score (nSPS) is 20.1. The number of benzene rings is 2. The Bertz CT molecular complexity index is 1030. The summed E-state index contributed by atoms with van der Waals surface area (Å²) < 4.78 is 11.2. The smallest absolute Gasteiger partial charge is 0.407 e. The predicted octanol–water partition coefficient (Wildman–Crippen LogP) is 3.25. The van der Waals surface area contributed by atoms with Crippen molar-refractivity contribution in [2.45, 2.75) is 37.8 Å². The summed E-state index contributed by atoms with van der Waals surface area (Å²) in [7, 11) is 1.47. The van der Waals surface area contributed by atoms with Crippen LogP contribution in [0, 0.1) is 5.92 Å². The van der Waals surface area contributed by atoms with Gasteiger partial charge in [-0.2, -0.15) is 0 Å². The van der Waals surface area contributed by atoms with Crippen molar-refractivity contribution in [3.63, 3.8) is 0 Å². The molecule has 1 heterocycles. The number of hydrogen-bond acceptors (Lipinski definition) is 5. The van der Waals surface area contributed by atoms with Gasteiger partial charge in [0.1, 0.15) is 12.6 Å². The molecule has 2 N–H and O–H groups in total. The number of carboxylic acid groups (broad SMARTS) is 1. The van der Waals surface area contributed by atoms with Gasteiger partial charge in [0.25, 0.3) is 0 Å². The Labute approximate surface area is 198 Å². The lowest BCUT2D eigenvalue weighted by Gasteiger charge is -2.33. The van der Waals surface area contributed by atoms with E-state index < -0.39 is 18.1 Å². The molecule has 2 aromatic carbocycles. The zero-order valence-corrected chi connectivity index (χ0v) is 19.4. The summed E-state index contributed by atoms with van der Waals surface area (Å²) in [4.78, 5) is 37.7. The van der Waals surface area contributed by atoms with Crippen molar-refractivity contribution in [2.75, 3.05) is 26.9 Å². The highest BCUT2D eigenvalue weighted by Gasteiger charge is 2.33. The minimum Gasteiger partial charge on any atom is -0.480 e. The van der Waals surface area contributed by atoms with Gasteiger partial charge in [-0.25, -0.2) is 9.59 Å². The lowest BCUT2D eigenvalue weighted by molar-refractivity contribution is -0.149. The number of ether oxygens (including phenoxy) is 2. The third-order valence-corrected chi connectivity index (χ3v) is 6.89. The largest absolute Gasteiger partial charge is 0.480 e. The Morgan fingerprint density at radius 1 is 1.12 bits per heavy atom. The minimum absolute atomic E-state index is 0.0311. The molecule has 1 fully saturated rings. The highest BCUT2D eigenvalue weighted by Crippen LogP contribution is 2.44. The molecule has 2 unspecified atom stereocenters. The third-order valence-electron chi connectivity index (χ3n) is 6.89. The van der Waals surface area contributed by atoms with Gasteiger partial charge in [-0.3, -0.25) is 4.79 Å². The number of nitrogens with zero attached hydrogens (tertiary/aromatic N) is 1. The maximum absolute atomic E-state index is 12.7. The lowest BCUT2D eigenvalue weighted by Crippen LogP contribution is -2.48. The Kier molecular flexibility index (Phi) is 7.17. The van der Waals surface area contributed by atoms with E-state index in [0.29, 0.717) is 19.6 Å². The van der Waals surface area contributed by atoms with Crippen LogP contribution in [0.4, 0.5) is 4.79 Å².